The van der Waals surface area contributed by atoms with Crippen LogP contribution < -0.4 is 0 Å². The molecular weight excluding hydrogens is 482 g/mol. The molecule has 0 spiro atoms. The van der Waals surface area contributed by atoms with Gasteiger partial charge in [0.1, 0.15) is 11.9 Å². The van der Waals surface area contributed by atoms with Crippen LogP contribution >= 0.6 is 15.9 Å². The van der Waals surface area contributed by atoms with Gasteiger partial charge in [-0.1, -0.05) is 34.1 Å². The van der Waals surface area contributed by atoms with Crippen LogP contribution in [0.4, 0.5) is 0 Å². The van der Waals surface area contributed by atoms with Crippen molar-refractivity contribution in [2.24, 2.45) is 0 Å². The molecule has 1 fully saturated rings. The third kappa shape index (κ3) is 6.44. The largest absolute Gasteiger partial charge is 0.355 e. The van der Waals surface area contributed by atoms with Gasteiger partial charge in [-0.05, 0) is 25.0 Å². The molecule has 1 saturated heterocycles. The lowest BCUT2D eigenvalue weighted by molar-refractivity contribution is 0.275. The molecule has 0 radical (unpaired) electrons. The summed E-state index contributed by atoms with van der Waals surface area (Å²) in [5, 5.41) is 10.5. The fraction of sp³-hybridized carbons (Fsp3) is 0.500. The van der Waals surface area contributed by atoms with Crippen molar-refractivity contribution >= 4 is 35.9 Å². The minimum atomic E-state index is -3.98. The molecular formula is C18H24BrN3O5S2. The number of sulfone groups is 1. The third-order valence-corrected chi connectivity index (χ3v) is 7.16. The van der Waals surface area contributed by atoms with E-state index in [9.17, 15) is 22.1 Å². The van der Waals surface area contributed by atoms with Crippen molar-refractivity contribution in [3.63, 3.8) is 0 Å². The second-order valence-corrected chi connectivity index (χ2v) is 10.8. The summed E-state index contributed by atoms with van der Waals surface area (Å²) in [4.78, 5) is 3.49. The van der Waals surface area contributed by atoms with Gasteiger partial charge in [-0.25, -0.2) is 8.42 Å². The molecule has 0 N–H and O–H groups in total. The Morgan fingerprint density at radius 1 is 1.10 bits per heavy atom. The van der Waals surface area contributed by atoms with E-state index in [-0.39, 0.29) is 16.4 Å². The van der Waals surface area contributed by atoms with Gasteiger partial charge in [0.15, 0.2) is 4.91 Å². The maximum Gasteiger partial charge on any atom is 0.264 e. The standard InChI is InChI=1S/C18H24BrN3O5S2/c1-28(23,24)27-14-6-11-22-13-12-21(10-5-9-19)18(22)17(15-20)29(25,26)16-7-3-2-4-8-16/h2-4,7-8H,5-6,9-14H2,1H3/b18-17-. The Morgan fingerprint density at radius 2 is 1.69 bits per heavy atom. The van der Waals surface area contributed by atoms with Gasteiger partial charge in [-0.2, -0.15) is 13.7 Å². The molecule has 0 saturated carbocycles. The van der Waals surface area contributed by atoms with Gasteiger partial charge in [0.2, 0.25) is 9.84 Å². The average Bonchev–Trinajstić information content (AvgIpc) is 3.06. The van der Waals surface area contributed by atoms with Crippen LogP contribution in [0.15, 0.2) is 46.0 Å². The first-order valence-electron chi connectivity index (χ1n) is 9.05. The summed E-state index contributed by atoms with van der Waals surface area (Å²) < 4.78 is 53.3. The molecule has 1 aromatic rings. The SMILES string of the molecule is CS(=O)(=O)OCCCN1CCN(CCCBr)/C1=C(\C#N)S(=O)(=O)c1ccccc1. The lowest BCUT2D eigenvalue weighted by Gasteiger charge is -2.26. The zero-order chi connectivity index (χ0) is 21.5. The topological polar surface area (TPSA) is 108 Å². The van der Waals surface area contributed by atoms with Gasteiger partial charge >= 0.3 is 0 Å². The Labute approximate surface area is 180 Å². The van der Waals surface area contributed by atoms with Gasteiger partial charge < -0.3 is 9.80 Å². The van der Waals surface area contributed by atoms with E-state index in [1.807, 2.05) is 15.9 Å². The maximum absolute atomic E-state index is 13.1. The van der Waals surface area contributed by atoms with Crippen molar-refractivity contribution in [2.75, 3.05) is 44.4 Å². The van der Waals surface area contributed by atoms with Crippen molar-refractivity contribution in [3.05, 3.63) is 41.1 Å². The first kappa shape index (κ1) is 23.7. The molecule has 160 valence electrons. The van der Waals surface area contributed by atoms with Crippen LogP contribution in [0.25, 0.3) is 0 Å². The average molecular weight is 506 g/mol. The molecule has 29 heavy (non-hydrogen) atoms. The minimum Gasteiger partial charge on any atom is -0.355 e. The zero-order valence-corrected chi connectivity index (χ0v) is 19.3. The monoisotopic (exact) mass is 505 g/mol. The first-order chi connectivity index (χ1) is 13.7. The Morgan fingerprint density at radius 3 is 2.21 bits per heavy atom. The second kappa shape index (κ2) is 10.4. The molecule has 11 heteroatoms. The lowest BCUT2D eigenvalue weighted by Crippen LogP contribution is -2.29. The fourth-order valence-corrected chi connectivity index (χ4v) is 5.08. The molecule has 2 rings (SSSR count). The predicted molar refractivity (Wildman–Crippen MR) is 113 cm³/mol. The highest BCUT2D eigenvalue weighted by molar-refractivity contribution is 9.09. The summed E-state index contributed by atoms with van der Waals surface area (Å²) in [7, 11) is -7.51. The van der Waals surface area contributed by atoms with Crippen molar-refractivity contribution in [1.29, 1.82) is 5.26 Å². The number of benzene rings is 1. The normalized spacial score (nSPS) is 16.7. The molecule has 0 unspecified atom stereocenters. The Kier molecular flexibility index (Phi) is 8.51. The van der Waals surface area contributed by atoms with Crippen molar-refractivity contribution in [1.82, 2.24) is 9.80 Å². The zero-order valence-electron chi connectivity index (χ0n) is 16.1. The van der Waals surface area contributed by atoms with Crippen molar-refractivity contribution in [3.8, 4) is 6.07 Å². The highest BCUT2D eigenvalue weighted by Crippen LogP contribution is 2.29. The number of hydrogen-bond acceptors (Lipinski definition) is 8. The smallest absolute Gasteiger partial charge is 0.264 e. The van der Waals surface area contributed by atoms with Crippen LogP contribution in [0.5, 0.6) is 0 Å². The number of nitriles is 1. The van der Waals surface area contributed by atoms with Gasteiger partial charge in [0, 0.05) is 31.5 Å². The quantitative estimate of drug-likeness (QED) is 0.205. The number of hydrogen-bond donors (Lipinski definition) is 0. The Balaban J connectivity index is 2.36. The molecule has 0 amide bonds. The number of rotatable bonds is 10. The van der Waals surface area contributed by atoms with Crippen LogP contribution in [0.2, 0.25) is 0 Å². The summed E-state index contributed by atoms with van der Waals surface area (Å²) in [5.74, 6) is 0.372. The summed E-state index contributed by atoms with van der Waals surface area (Å²) in [6.07, 6.45) is 2.15. The predicted octanol–water partition coefficient (Wildman–Crippen LogP) is 1.92. The number of halogens is 1. The summed E-state index contributed by atoms with van der Waals surface area (Å²) >= 11 is 3.38. The molecule has 0 atom stereocenters. The maximum atomic E-state index is 13.1. The van der Waals surface area contributed by atoms with E-state index in [2.05, 4.69) is 15.9 Å². The Hall–Kier alpha value is -1.61. The van der Waals surface area contributed by atoms with E-state index in [1.54, 1.807) is 18.2 Å². The van der Waals surface area contributed by atoms with Crippen LogP contribution in [-0.2, 0) is 24.1 Å². The van der Waals surface area contributed by atoms with E-state index in [1.165, 1.54) is 12.1 Å². The molecule has 0 aliphatic carbocycles. The lowest BCUT2D eigenvalue weighted by atomic mass is 10.4. The van der Waals surface area contributed by atoms with Gasteiger partial charge in [0.05, 0.1) is 17.8 Å². The van der Waals surface area contributed by atoms with Crippen LogP contribution in [0.3, 0.4) is 0 Å². The Bertz CT molecular complexity index is 972. The molecule has 0 bridgehead atoms. The molecule has 1 aliphatic heterocycles. The highest BCUT2D eigenvalue weighted by Gasteiger charge is 2.34. The highest BCUT2D eigenvalue weighted by atomic mass is 79.9. The van der Waals surface area contributed by atoms with Crippen molar-refractivity contribution < 1.29 is 21.0 Å². The van der Waals surface area contributed by atoms with Gasteiger partial charge in [0.25, 0.3) is 10.1 Å². The molecule has 8 nitrogen and oxygen atoms in total. The molecule has 1 aromatic carbocycles. The molecule has 0 aromatic heterocycles. The minimum absolute atomic E-state index is 0.00264. The second-order valence-electron chi connectivity index (χ2n) is 6.48. The number of nitrogens with zero attached hydrogens (tertiary/aromatic N) is 3. The summed E-state index contributed by atoms with van der Waals surface area (Å²) in [5.41, 5.74) is 0. The number of alkyl halides is 1. The number of allylic oxidation sites excluding steroid dienone is 1. The fourth-order valence-electron chi connectivity index (χ4n) is 3.04. The van der Waals surface area contributed by atoms with Crippen LogP contribution in [-0.4, -0.2) is 71.0 Å². The van der Waals surface area contributed by atoms with E-state index in [0.29, 0.717) is 38.4 Å². The van der Waals surface area contributed by atoms with E-state index >= 15 is 0 Å². The van der Waals surface area contributed by atoms with Gasteiger partial charge in [-0.3, -0.25) is 4.18 Å². The summed E-state index contributed by atoms with van der Waals surface area (Å²) in [6.45, 7) is 2.12. The van der Waals surface area contributed by atoms with Crippen LogP contribution in [0.1, 0.15) is 12.8 Å². The first-order valence-corrected chi connectivity index (χ1v) is 13.5. The van der Waals surface area contributed by atoms with Crippen LogP contribution in [0, 0.1) is 11.3 Å². The molecule has 1 heterocycles. The van der Waals surface area contributed by atoms with E-state index < -0.39 is 20.0 Å². The molecule has 1 aliphatic rings. The van der Waals surface area contributed by atoms with Gasteiger partial charge in [-0.15, -0.1) is 0 Å². The third-order valence-electron chi connectivity index (χ3n) is 4.30. The van der Waals surface area contributed by atoms with Crippen molar-refractivity contribution in [2.45, 2.75) is 17.7 Å². The van der Waals surface area contributed by atoms with E-state index in [0.717, 1.165) is 18.0 Å². The van der Waals surface area contributed by atoms with E-state index in [4.69, 9.17) is 4.18 Å². The summed E-state index contributed by atoms with van der Waals surface area (Å²) in [6, 6.07) is 9.78.